The standard InChI is InChI=1S/C29H38N4O3/c1-36-21-20-33(18-7-6-10-24-14-13-23-9-3-5-12-26(23)31-24)19-16-27(29(34)35)32-28-25-11-4-2-8-22(25)15-17-30-28/h2,4,8,11,13-15,17,27H,3,5-7,9-10,12,16,18-21H2,1H3,(H,30,32)(H,34,35)/t27-/m0/s1. The average Bonchev–Trinajstić information content (AvgIpc) is 2.91. The monoisotopic (exact) mass is 490 g/mol. The Hall–Kier alpha value is -3.03. The van der Waals surface area contributed by atoms with Crippen LogP contribution in [0.4, 0.5) is 5.82 Å². The Labute approximate surface area is 213 Å². The Balaban J connectivity index is 1.29. The van der Waals surface area contributed by atoms with Gasteiger partial charge in [-0.2, -0.15) is 0 Å². The minimum Gasteiger partial charge on any atom is -0.480 e. The lowest BCUT2D eigenvalue weighted by molar-refractivity contribution is -0.138. The van der Waals surface area contributed by atoms with Crippen molar-refractivity contribution >= 4 is 22.6 Å². The predicted molar refractivity (Wildman–Crippen MR) is 144 cm³/mol. The molecule has 4 rings (SSSR count). The normalized spacial score (nSPS) is 14.1. The molecule has 2 aromatic heterocycles. The molecule has 192 valence electrons. The van der Waals surface area contributed by atoms with Crippen molar-refractivity contribution in [3.63, 3.8) is 0 Å². The van der Waals surface area contributed by atoms with Crippen molar-refractivity contribution in [2.24, 2.45) is 0 Å². The number of methoxy groups -OCH3 is 1. The number of nitrogens with one attached hydrogen (secondary N) is 1. The molecule has 0 spiro atoms. The van der Waals surface area contributed by atoms with Gasteiger partial charge in [-0.15, -0.1) is 0 Å². The second-order valence-electron chi connectivity index (χ2n) is 9.61. The minimum absolute atomic E-state index is 0.482. The van der Waals surface area contributed by atoms with Crippen LogP contribution in [-0.2, 0) is 28.8 Å². The zero-order chi connectivity index (χ0) is 25.2. The van der Waals surface area contributed by atoms with E-state index in [1.54, 1.807) is 13.3 Å². The van der Waals surface area contributed by atoms with Crippen molar-refractivity contribution < 1.29 is 14.6 Å². The number of rotatable bonds is 14. The molecule has 3 aromatic rings. The van der Waals surface area contributed by atoms with Gasteiger partial charge in [0.1, 0.15) is 11.9 Å². The number of ether oxygens (including phenoxy) is 1. The first kappa shape index (κ1) is 26.0. The van der Waals surface area contributed by atoms with Crippen LogP contribution in [0.15, 0.2) is 48.7 Å². The van der Waals surface area contributed by atoms with E-state index in [0.29, 0.717) is 25.4 Å². The quantitative estimate of drug-likeness (QED) is 0.316. The fourth-order valence-electron chi connectivity index (χ4n) is 4.93. The molecule has 2 N–H and O–H groups in total. The number of carboxylic acids is 1. The van der Waals surface area contributed by atoms with Gasteiger partial charge in [0, 0.05) is 43.2 Å². The number of benzene rings is 1. The SMILES string of the molecule is COCCN(CCCCc1ccc2c(n1)CCCC2)CC[C@H](Nc1nccc2ccccc12)C(=O)O. The number of aliphatic carboxylic acids is 1. The second kappa shape index (κ2) is 13.3. The molecule has 0 radical (unpaired) electrons. The molecule has 0 saturated heterocycles. The van der Waals surface area contributed by atoms with Gasteiger partial charge in [0.15, 0.2) is 0 Å². The molecule has 0 bridgehead atoms. The Bertz CT molecular complexity index is 1130. The van der Waals surface area contributed by atoms with E-state index in [1.807, 2.05) is 30.3 Å². The summed E-state index contributed by atoms with van der Waals surface area (Å²) in [5.41, 5.74) is 3.92. The first-order valence-corrected chi connectivity index (χ1v) is 13.2. The van der Waals surface area contributed by atoms with Crippen molar-refractivity contribution in [2.75, 3.05) is 38.7 Å². The first-order valence-electron chi connectivity index (χ1n) is 13.2. The average molecular weight is 491 g/mol. The highest BCUT2D eigenvalue weighted by Crippen LogP contribution is 2.22. The third-order valence-electron chi connectivity index (χ3n) is 7.02. The third-order valence-corrected chi connectivity index (χ3v) is 7.02. The number of anilines is 1. The molecule has 0 amide bonds. The predicted octanol–water partition coefficient (Wildman–Crippen LogP) is 4.74. The van der Waals surface area contributed by atoms with Gasteiger partial charge in [-0.1, -0.05) is 30.3 Å². The lowest BCUT2D eigenvalue weighted by Crippen LogP contribution is -2.37. The number of fused-ring (bicyclic) bond motifs is 2. The smallest absolute Gasteiger partial charge is 0.326 e. The molecule has 0 unspecified atom stereocenters. The van der Waals surface area contributed by atoms with Gasteiger partial charge in [-0.3, -0.25) is 4.98 Å². The highest BCUT2D eigenvalue weighted by molar-refractivity contribution is 5.93. The number of hydrogen-bond donors (Lipinski definition) is 2. The second-order valence-corrected chi connectivity index (χ2v) is 9.61. The molecule has 7 nitrogen and oxygen atoms in total. The van der Waals surface area contributed by atoms with E-state index in [-0.39, 0.29) is 0 Å². The summed E-state index contributed by atoms with van der Waals surface area (Å²) in [6.07, 6.45) is 10.1. The number of carbonyl (C=O) groups is 1. The van der Waals surface area contributed by atoms with Crippen LogP contribution in [0.3, 0.4) is 0 Å². The maximum absolute atomic E-state index is 12.0. The van der Waals surface area contributed by atoms with Gasteiger partial charge in [0.05, 0.1) is 6.61 Å². The summed E-state index contributed by atoms with van der Waals surface area (Å²) in [5, 5.41) is 15.0. The van der Waals surface area contributed by atoms with Gasteiger partial charge < -0.3 is 20.1 Å². The lowest BCUT2D eigenvalue weighted by atomic mass is 9.95. The van der Waals surface area contributed by atoms with Crippen LogP contribution in [0.25, 0.3) is 10.8 Å². The molecule has 1 aliphatic rings. The van der Waals surface area contributed by atoms with E-state index < -0.39 is 12.0 Å². The number of hydrogen-bond acceptors (Lipinski definition) is 6. The van der Waals surface area contributed by atoms with Crippen molar-refractivity contribution in [1.82, 2.24) is 14.9 Å². The number of aryl methyl sites for hydroxylation is 3. The van der Waals surface area contributed by atoms with Gasteiger partial charge in [0.25, 0.3) is 0 Å². The van der Waals surface area contributed by atoms with Crippen LogP contribution in [0, 0.1) is 0 Å². The number of unbranched alkanes of at least 4 members (excludes halogenated alkanes) is 1. The molecule has 0 aliphatic heterocycles. The summed E-state index contributed by atoms with van der Waals surface area (Å²) < 4.78 is 5.31. The van der Waals surface area contributed by atoms with Crippen LogP contribution in [0.5, 0.6) is 0 Å². The summed E-state index contributed by atoms with van der Waals surface area (Å²) >= 11 is 0. The highest BCUT2D eigenvalue weighted by atomic mass is 16.5. The van der Waals surface area contributed by atoms with Crippen molar-refractivity contribution in [1.29, 1.82) is 0 Å². The summed E-state index contributed by atoms with van der Waals surface area (Å²) in [4.78, 5) is 23.7. The van der Waals surface area contributed by atoms with E-state index in [0.717, 1.165) is 49.5 Å². The zero-order valence-corrected chi connectivity index (χ0v) is 21.3. The lowest BCUT2D eigenvalue weighted by Gasteiger charge is -2.24. The maximum Gasteiger partial charge on any atom is 0.326 e. The van der Waals surface area contributed by atoms with Gasteiger partial charge in [-0.05, 0) is 81.0 Å². The van der Waals surface area contributed by atoms with Gasteiger partial charge >= 0.3 is 5.97 Å². The Kier molecular flexibility index (Phi) is 9.64. The number of nitrogens with zero attached hydrogens (tertiary/aromatic N) is 3. The molecular weight excluding hydrogens is 452 g/mol. The summed E-state index contributed by atoms with van der Waals surface area (Å²) in [6.45, 7) is 3.00. The fourth-order valence-corrected chi connectivity index (χ4v) is 4.93. The van der Waals surface area contributed by atoms with Crippen molar-refractivity contribution in [3.8, 4) is 0 Å². The van der Waals surface area contributed by atoms with Gasteiger partial charge in [-0.25, -0.2) is 9.78 Å². The highest BCUT2D eigenvalue weighted by Gasteiger charge is 2.20. The third kappa shape index (κ3) is 7.24. The molecule has 0 saturated carbocycles. The molecule has 0 fully saturated rings. The Morgan fingerprint density at radius 3 is 2.81 bits per heavy atom. The zero-order valence-electron chi connectivity index (χ0n) is 21.3. The van der Waals surface area contributed by atoms with E-state index in [4.69, 9.17) is 9.72 Å². The maximum atomic E-state index is 12.0. The fraction of sp³-hybridized carbons (Fsp3) is 0.483. The molecule has 1 atom stereocenters. The number of aromatic nitrogens is 2. The van der Waals surface area contributed by atoms with Crippen LogP contribution >= 0.6 is 0 Å². The van der Waals surface area contributed by atoms with E-state index in [2.05, 4.69) is 27.3 Å². The van der Waals surface area contributed by atoms with Crippen LogP contribution < -0.4 is 5.32 Å². The molecule has 2 heterocycles. The molecule has 1 aromatic carbocycles. The van der Waals surface area contributed by atoms with E-state index in [1.165, 1.54) is 36.2 Å². The number of carboxylic acid groups (broad SMARTS) is 1. The Morgan fingerprint density at radius 1 is 1.08 bits per heavy atom. The van der Waals surface area contributed by atoms with Crippen molar-refractivity contribution in [2.45, 2.75) is 57.4 Å². The minimum atomic E-state index is -0.866. The van der Waals surface area contributed by atoms with E-state index in [9.17, 15) is 9.90 Å². The topological polar surface area (TPSA) is 87.6 Å². The molecule has 1 aliphatic carbocycles. The molecule has 7 heteroatoms. The Morgan fingerprint density at radius 2 is 1.94 bits per heavy atom. The summed E-state index contributed by atoms with van der Waals surface area (Å²) in [7, 11) is 1.70. The summed E-state index contributed by atoms with van der Waals surface area (Å²) in [6, 6.07) is 13.6. The molecule has 36 heavy (non-hydrogen) atoms. The van der Waals surface area contributed by atoms with Crippen LogP contribution in [0.1, 0.15) is 49.1 Å². The first-order chi connectivity index (χ1) is 17.6. The van der Waals surface area contributed by atoms with E-state index >= 15 is 0 Å². The number of pyridine rings is 2. The summed E-state index contributed by atoms with van der Waals surface area (Å²) in [5.74, 6) is -0.253. The van der Waals surface area contributed by atoms with Crippen LogP contribution in [0.2, 0.25) is 0 Å². The van der Waals surface area contributed by atoms with Gasteiger partial charge in [0.2, 0.25) is 0 Å². The molecular formula is C29H38N4O3. The largest absolute Gasteiger partial charge is 0.480 e. The van der Waals surface area contributed by atoms with Crippen LogP contribution in [-0.4, -0.2) is 65.3 Å². The van der Waals surface area contributed by atoms with Crippen molar-refractivity contribution in [3.05, 3.63) is 65.6 Å².